The van der Waals surface area contributed by atoms with E-state index in [0.717, 1.165) is 18.6 Å². The minimum absolute atomic E-state index is 0.254. The largest absolute Gasteiger partial charge is 0.496 e. The zero-order chi connectivity index (χ0) is 25.1. The molecule has 0 saturated heterocycles. The number of carbonyl (C=O) groups is 1. The van der Waals surface area contributed by atoms with Crippen molar-refractivity contribution in [2.75, 3.05) is 20.7 Å². The summed E-state index contributed by atoms with van der Waals surface area (Å²) in [5, 5.41) is 10.0. The van der Waals surface area contributed by atoms with Crippen LogP contribution >= 0.6 is 0 Å². The van der Waals surface area contributed by atoms with E-state index >= 15 is 0 Å². The van der Waals surface area contributed by atoms with Crippen molar-refractivity contribution in [3.63, 3.8) is 0 Å². The van der Waals surface area contributed by atoms with E-state index in [9.17, 15) is 9.90 Å². The summed E-state index contributed by atoms with van der Waals surface area (Å²) in [4.78, 5) is 14.2. The number of carboxylic acids is 1. The molecule has 1 rings (SSSR count). The maximum Gasteiger partial charge on any atom is 0.315 e. The van der Waals surface area contributed by atoms with Crippen LogP contribution in [0, 0.1) is 5.41 Å². The third-order valence-electron chi connectivity index (χ3n) is 7.26. The van der Waals surface area contributed by atoms with Crippen LogP contribution in [-0.4, -0.2) is 42.7 Å². The lowest BCUT2D eigenvalue weighted by atomic mass is 9.72. The van der Waals surface area contributed by atoms with E-state index < -0.39 is 11.4 Å². The Hall–Kier alpha value is -1.29. The van der Waals surface area contributed by atoms with Gasteiger partial charge >= 0.3 is 5.97 Å². The number of nitrogens with zero attached hydrogens (tertiary/aromatic N) is 1. The monoisotopic (exact) mass is 477 g/mol. The molecule has 4 nitrogen and oxygen atoms in total. The second kappa shape index (κ2) is 19.0. The lowest BCUT2D eigenvalue weighted by molar-refractivity contribution is -0.150. The number of allylic oxidation sites excluding steroid dienone is 2. The summed E-state index contributed by atoms with van der Waals surface area (Å²) < 4.78 is 6.13. The molecular formula is C30H55NO3. The van der Waals surface area contributed by atoms with Gasteiger partial charge < -0.3 is 9.84 Å². The molecule has 0 aromatic heterocycles. The molecule has 2 unspecified atom stereocenters. The predicted octanol–water partition coefficient (Wildman–Crippen LogP) is 8.52. The van der Waals surface area contributed by atoms with Gasteiger partial charge in [-0.15, -0.1) is 0 Å². The highest BCUT2D eigenvalue weighted by molar-refractivity contribution is 5.79. The first kappa shape index (κ1) is 30.7. The Morgan fingerprint density at radius 1 is 0.824 bits per heavy atom. The van der Waals surface area contributed by atoms with Crippen LogP contribution in [-0.2, 0) is 9.53 Å². The number of ether oxygens (including phenoxy) is 1. The SMILES string of the molecule is CCCCCCCCCCCCCCCCCCOC1=CC=CC(CCC)(C(=O)O)C1N(C)C. The van der Waals surface area contributed by atoms with Crippen LogP contribution in [0.25, 0.3) is 0 Å². The third kappa shape index (κ3) is 11.4. The van der Waals surface area contributed by atoms with Gasteiger partial charge in [0, 0.05) is 0 Å². The van der Waals surface area contributed by atoms with Crippen LogP contribution in [0.5, 0.6) is 0 Å². The van der Waals surface area contributed by atoms with Crippen molar-refractivity contribution in [3.8, 4) is 0 Å². The van der Waals surface area contributed by atoms with Gasteiger partial charge in [0.15, 0.2) is 0 Å². The summed E-state index contributed by atoms with van der Waals surface area (Å²) in [6, 6.07) is -0.254. The Morgan fingerprint density at radius 2 is 1.29 bits per heavy atom. The molecule has 0 fully saturated rings. The van der Waals surface area contributed by atoms with Crippen molar-refractivity contribution < 1.29 is 14.6 Å². The smallest absolute Gasteiger partial charge is 0.315 e. The van der Waals surface area contributed by atoms with Gasteiger partial charge in [-0.05, 0) is 33.0 Å². The fourth-order valence-electron chi connectivity index (χ4n) is 5.36. The number of hydrogen-bond donors (Lipinski definition) is 1. The van der Waals surface area contributed by atoms with Crippen LogP contribution in [0.3, 0.4) is 0 Å². The molecular weight excluding hydrogens is 422 g/mol. The Morgan fingerprint density at radius 3 is 1.71 bits per heavy atom. The lowest BCUT2D eigenvalue weighted by Gasteiger charge is -2.41. The van der Waals surface area contributed by atoms with E-state index in [2.05, 4.69) is 6.92 Å². The Balaban J connectivity index is 2.10. The Labute approximate surface area is 211 Å². The molecule has 0 amide bonds. The van der Waals surface area contributed by atoms with Crippen LogP contribution in [0.15, 0.2) is 24.0 Å². The van der Waals surface area contributed by atoms with Crippen molar-refractivity contribution >= 4 is 5.97 Å². The minimum Gasteiger partial charge on any atom is -0.496 e. The molecule has 0 bridgehead atoms. The van der Waals surface area contributed by atoms with Gasteiger partial charge in [0.25, 0.3) is 0 Å². The first-order valence-corrected chi connectivity index (χ1v) is 14.4. The summed E-state index contributed by atoms with van der Waals surface area (Å²) in [7, 11) is 3.89. The van der Waals surface area contributed by atoms with Gasteiger partial charge in [-0.2, -0.15) is 0 Å². The molecule has 1 aliphatic rings. The molecule has 1 aliphatic carbocycles. The molecule has 198 valence electrons. The maximum atomic E-state index is 12.2. The van der Waals surface area contributed by atoms with E-state index in [4.69, 9.17) is 4.74 Å². The predicted molar refractivity (Wildman–Crippen MR) is 145 cm³/mol. The average Bonchev–Trinajstić information content (AvgIpc) is 2.81. The first-order valence-electron chi connectivity index (χ1n) is 14.4. The third-order valence-corrected chi connectivity index (χ3v) is 7.26. The zero-order valence-electron chi connectivity index (χ0n) is 23.0. The summed E-state index contributed by atoms with van der Waals surface area (Å²) in [6.45, 7) is 5.00. The first-order chi connectivity index (χ1) is 16.5. The summed E-state index contributed by atoms with van der Waals surface area (Å²) >= 11 is 0. The van der Waals surface area contributed by atoms with Crippen molar-refractivity contribution in [2.45, 2.75) is 135 Å². The Kier molecular flexibility index (Phi) is 17.1. The highest BCUT2D eigenvalue weighted by atomic mass is 16.5. The quantitative estimate of drug-likeness (QED) is 0.159. The number of carboxylic acid groups (broad SMARTS) is 1. The van der Waals surface area contributed by atoms with Crippen molar-refractivity contribution in [2.24, 2.45) is 5.41 Å². The fraction of sp³-hybridized carbons (Fsp3) is 0.833. The molecule has 0 radical (unpaired) electrons. The minimum atomic E-state index is -0.906. The van der Waals surface area contributed by atoms with Crippen molar-refractivity contribution in [3.05, 3.63) is 24.0 Å². The van der Waals surface area contributed by atoms with E-state index in [0.29, 0.717) is 13.0 Å². The van der Waals surface area contributed by atoms with Gasteiger partial charge in [0.2, 0.25) is 0 Å². The van der Waals surface area contributed by atoms with Crippen LogP contribution in [0.2, 0.25) is 0 Å². The molecule has 0 heterocycles. The van der Waals surface area contributed by atoms with Crippen molar-refractivity contribution in [1.82, 2.24) is 4.90 Å². The zero-order valence-corrected chi connectivity index (χ0v) is 23.0. The molecule has 0 aromatic carbocycles. The maximum absolute atomic E-state index is 12.2. The van der Waals surface area contributed by atoms with Gasteiger partial charge in [0.1, 0.15) is 11.2 Å². The number of likely N-dealkylation sites (N-methyl/N-ethyl adjacent to an activating group) is 1. The number of unbranched alkanes of at least 4 members (excludes halogenated alkanes) is 15. The molecule has 2 atom stereocenters. The molecule has 34 heavy (non-hydrogen) atoms. The van der Waals surface area contributed by atoms with Gasteiger partial charge in [0.05, 0.1) is 12.6 Å². The van der Waals surface area contributed by atoms with Gasteiger partial charge in [-0.1, -0.05) is 129 Å². The lowest BCUT2D eigenvalue weighted by Crippen LogP contribution is -2.51. The van der Waals surface area contributed by atoms with Crippen LogP contribution in [0.4, 0.5) is 0 Å². The van der Waals surface area contributed by atoms with E-state index in [1.54, 1.807) is 0 Å². The van der Waals surface area contributed by atoms with Gasteiger partial charge in [-0.3, -0.25) is 9.69 Å². The van der Waals surface area contributed by atoms with E-state index in [1.165, 1.54) is 96.3 Å². The van der Waals surface area contributed by atoms with E-state index in [1.807, 2.05) is 44.1 Å². The van der Waals surface area contributed by atoms with E-state index in [-0.39, 0.29) is 6.04 Å². The second-order valence-corrected chi connectivity index (χ2v) is 10.5. The summed E-state index contributed by atoms with van der Waals surface area (Å²) in [6.07, 6.45) is 28.8. The molecule has 0 aliphatic heterocycles. The molecule has 1 N–H and O–H groups in total. The number of rotatable bonds is 22. The topological polar surface area (TPSA) is 49.8 Å². The van der Waals surface area contributed by atoms with Gasteiger partial charge in [-0.25, -0.2) is 0 Å². The number of hydrogen-bond acceptors (Lipinski definition) is 3. The van der Waals surface area contributed by atoms with Crippen LogP contribution < -0.4 is 0 Å². The van der Waals surface area contributed by atoms with Crippen molar-refractivity contribution in [1.29, 1.82) is 0 Å². The summed E-state index contributed by atoms with van der Waals surface area (Å²) in [5.74, 6) is 0.0326. The fourth-order valence-corrected chi connectivity index (χ4v) is 5.36. The molecule has 4 heteroatoms. The average molecular weight is 478 g/mol. The molecule has 0 aromatic rings. The normalized spacial score (nSPS) is 20.0. The standard InChI is InChI=1S/C30H55NO3/c1-5-7-8-9-10-11-12-13-14-15-16-17-18-19-20-21-26-34-27-23-22-25-30(24-6-2,29(32)33)28(27)31(3)4/h22-23,25,28H,5-21,24,26H2,1-4H3,(H,32,33). The number of aliphatic carboxylic acids is 1. The van der Waals surface area contributed by atoms with Crippen LogP contribution in [0.1, 0.15) is 129 Å². The summed E-state index contributed by atoms with van der Waals surface area (Å²) in [5.41, 5.74) is -0.906. The molecule has 0 spiro atoms. The highest BCUT2D eigenvalue weighted by Crippen LogP contribution is 2.40. The Bertz CT molecular complexity index is 584. The molecule has 0 saturated carbocycles. The highest BCUT2D eigenvalue weighted by Gasteiger charge is 2.48. The second-order valence-electron chi connectivity index (χ2n) is 10.5.